The summed E-state index contributed by atoms with van der Waals surface area (Å²) in [6, 6.07) is 0. The molecule has 0 aromatic heterocycles. The first kappa shape index (κ1) is 32.6. The molecule has 0 aliphatic heterocycles. The van der Waals surface area contributed by atoms with Gasteiger partial charge in [0.2, 0.25) is 0 Å². The zero-order valence-electron chi connectivity index (χ0n) is 19.3. The van der Waals surface area contributed by atoms with Crippen LogP contribution >= 0.6 is 0 Å². The molecule has 0 unspecified atom stereocenters. The van der Waals surface area contributed by atoms with Crippen LogP contribution in [0.25, 0.3) is 0 Å². The highest BCUT2D eigenvalue weighted by molar-refractivity contribution is 6.42. The van der Waals surface area contributed by atoms with Crippen molar-refractivity contribution in [3.8, 4) is 0 Å². The summed E-state index contributed by atoms with van der Waals surface area (Å²) in [5, 5.41) is 0. The molecule has 0 aromatic rings. The van der Waals surface area contributed by atoms with Gasteiger partial charge < -0.3 is 32.3 Å². The highest BCUT2D eigenvalue weighted by Crippen LogP contribution is 1.93. The number of hydrogen-bond acceptors (Lipinski definition) is 4. The average Bonchev–Trinajstić information content (AvgIpc) is 2.15. The molecule has 0 bridgehead atoms. The van der Waals surface area contributed by atoms with E-state index in [0.29, 0.717) is 6.42 Å². The van der Waals surface area contributed by atoms with Crippen molar-refractivity contribution < 1.29 is 32.3 Å². The standard InChI is InChI=1S/C5H11O4Si.3C4H12N/c1-2-3-4-5-9-10(6,7)8;3*1-5(2,3)4/h2-5H2,1H3;3*1-4H3/q-3;3*+1. The van der Waals surface area contributed by atoms with E-state index in [-0.39, 0.29) is 6.61 Å². The Morgan fingerprint density at radius 1 is 0.600 bits per heavy atom. The molecule has 8 heteroatoms. The third-order valence-electron chi connectivity index (χ3n) is 1.03. The fourth-order valence-corrected chi connectivity index (χ4v) is 0.944. The molecule has 0 amide bonds. The van der Waals surface area contributed by atoms with Gasteiger partial charge in [0.05, 0.1) is 84.6 Å². The van der Waals surface area contributed by atoms with Gasteiger partial charge in [0.1, 0.15) is 0 Å². The Labute approximate surface area is 159 Å². The molecular weight excluding hydrogens is 338 g/mol. The van der Waals surface area contributed by atoms with Gasteiger partial charge in [0, 0.05) is 6.61 Å². The van der Waals surface area contributed by atoms with Gasteiger partial charge in [-0.25, -0.2) is 0 Å². The van der Waals surface area contributed by atoms with Crippen LogP contribution in [0.2, 0.25) is 0 Å². The highest BCUT2D eigenvalue weighted by Gasteiger charge is 1.89. The summed E-state index contributed by atoms with van der Waals surface area (Å²) in [7, 11) is 20.5. The van der Waals surface area contributed by atoms with Crippen molar-refractivity contribution in [2.45, 2.75) is 26.2 Å². The predicted octanol–water partition coefficient (Wildman–Crippen LogP) is -1.32. The van der Waals surface area contributed by atoms with Gasteiger partial charge >= 0.3 is 0 Å². The first-order valence-electron chi connectivity index (χ1n) is 8.68. The third-order valence-corrected chi connectivity index (χ3v) is 1.58. The lowest BCUT2D eigenvalue weighted by Gasteiger charge is -2.53. The summed E-state index contributed by atoms with van der Waals surface area (Å²) in [6.07, 6.45) is 2.51. The molecule has 0 saturated heterocycles. The van der Waals surface area contributed by atoms with Crippen LogP contribution in [-0.2, 0) is 4.43 Å². The SMILES string of the molecule is CCCCCO[Si]([O-])([O-])[O-].C[N+](C)(C)C.C[N+](C)(C)C.C[N+](C)(C)C. The maximum atomic E-state index is 9.87. The summed E-state index contributed by atoms with van der Waals surface area (Å²) < 4.78 is 7.00. The van der Waals surface area contributed by atoms with E-state index in [0.717, 1.165) is 26.3 Å². The molecule has 25 heavy (non-hydrogen) atoms. The summed E-state index contributed by atoms with van der Waals surface area (Å²) in [4.78, 5) is 29.6. The summed E-state index contributed by atoms with van der Waals surface area (Å²) in [5.41, 5.74) is 0. The monoisotopic (exact) mass is 385 g/mol. The highest BCUT2D eigenvalue weighted by atomic mass is 28.4. The molecule has 0 fully saturated rings. The number of nitrogens with zero attached hydrogens (tertiary/aromatic N) is 3. The molecule has 0 aliphatic rings. The van der Waals surface area contributed by atoms with Gasteiger partial charge in [-0.05, 0) is 6.42 Å². The molecule has 0 radical (unpaired) electrons. The first-order valence-corrected chi connectivity index (χ1v) is 10.3. The van der Waals surface area contributed by atoms with Crippen LogP contribution in [0.4, 0.5) is 0 Å². The van der Waals surface area contributed by atoms with Gasteiger partial charge in [-0.1, -0.05) is 19.8 Å². The normalized spacial score (nSPS) is 12.0. The Hall–Kier alpha value is -0.0631. The smallest absolute Gasteiger partial charge is 0.0675 e. The molecule has 7 nitrogen and oxygen atoms in total. The molecule has 0 atom stereocenters. The zero-order chi connectivity index (χ0) is 21.5. The quantitative estimate of drug-likeness (QED) is 0.334. The van der Waals surface area contributed by atoms with Gasteiger partial charge in [0.15, 0.2) is 0 Å². The first-order chi connectivity index (χ1) is 10.6. The number of quaternary nitrogens is 3. The predicted molar refractivity (Wildman–Crippen MR) is 103 cm³/mol. The fraction of sp³-hybridized carbons (Fsp3) is 1.00. The Balaban J connectivity index is -0.000000126. The Morgan fingerprint density at radius 2 is 0.840 bits per heavy atom. The van der Waals surface area contributed by atoms with Gasteiger partial charge in [-0.3, -0.25) is 0 Å². The minimum absolute atomic E-state index is 0.0383. The summed E-state index contributed by atoms with van der Waals surface area (Å²) in [5.74, 6) is 0. The third kappa shape index (κ3) is 239. The zero-order valence-corrected chi connectivity index (χ0v) is 20.3. The van der Waals surface area contributed by atoms with Crippen molar-refractivity contribution in [3.63, 3.8) is 0 Å². The largest absolute Gasteiger partial charge is 0.861 e. The van der Waals surface area contributed by atoms with Crippen molar-refractivity contribution in [2.24, 2.45) is 0 Å². The fourth-order valence-electron chi connectivity index (χ4n) is 0.549. The van der Waals surface area contributed by atoms with Gasteiger partial charge in [-0.15, -0.1) is 9.05 Å². The molecule has 0 aromatic carbocycles. The van der Waals surface area contributed by atoms with E-state index in [9.17, 15) is 14.4 Å². The maximum Gasteiger partial charge on any atom is 0.0675 e. The lowest BCUT2D eigenvalue weighted by Crippen LogP contribution is -2.75. The topological polar surface area (TPSA) is 78.4 Å². The van der Waals surface area contributed by atoms with E-state index < -0.39 is 9.05 Å². The van der Waals surface area contributed by atoms with Crippen LogP contribution in [0.5, 0.6) is 0 Å². The molecule has 0 aliphatic carbocycles. The Kier molecular flexibility index (Phi) is 19.6. The van der Waals surface area contributed by atoms with E-state index in [1.807, 2.05) is 6.92 Å². The van der Waals surface area contributed by atoms with Crippen molar-refractivity contribution in [1.29, 1.82) is 0 Å². The second-order valence-electron chi connectivity index (χ2n) is 10.1. The van der Waals surface area contributed by atoms with Crippen molar-refractivity contribution in [3.05, 3.63) is 0 Å². The van der Waals surface area contributed by atoms with E-state index in [1.165, 1.54) is 0 Å². The summed E-state index contributed by atoms with van der Waals surface area (Å²) in [6.45, 7) is 2.02. The van der Waals surface area contributed by atoms with E-state index in [2.05, 4.69) is 89.0 Å². The Morgan fingerprint density at radius 3 is 1.00 bits per heavy atom. The van der Waals surface area contributed by atoms with Crippen LogP contribution in [0.1, 0.15) is 26.2 Å². The van der Waals surface area contributed by atoms with Crippen LogP contribution in [0.3, 0.4) is 0 Å². The lowest BCUT2D eigenvalue weighted by molar-refractivity contribution is -0.849. The molecule has 0 N–H and O–H groups in total. The van der Waals surface area contributed by atoms with E-state index in [4.69, 9.17) is 0 Å². The lowest BCUT2D eigenvalue weighted by atomic mass is 10.3. The molecule has 158 valence electrons. The van der Waals surface area contributed by atoms with E-state index in [1.54, 1.807) is 0 Å². The number of rotatable bonds is 5. The molecule has 0 heterocycles. The number of hydrogen-bond donors (Lipinski definition) is 0. The van der Waals surface area contributed by atoms with Gasteiger partial charge in [-0.2, -0.15) is 0 Å². The molecule has 0 saturated carbocycles. The van der Waals surface area contributed by atoms with Gasteiger partial charge in [0.25, 0.3) is 0 Å². The summed E-state index contributed by atoms with van der Waals surface area (Å²) >= 11 is 0. The minimum Gasteiger partial charge on any atom is -0.861 e. The number of unbranched alkanes of at least 4 members (excludes halogenated alkanes) is 2. The molecule has 0 rings (SSSR count). The van der Waals surface area contributed by atoms with Crippen molar-refractivity contribution >= 4 is 9.05 Å². The Bertz CT molecular complexity index is 231. The minimum atomic E-state index is -4.96. The van der Waals surface area contributed by atoms with Crippen LogP contribution < -0.4 is 14.4 Å². The molecular formula is C17H47N3O4Si. The van der Waals surface area contributed by atoms with Crippen molar-refractivity contribution in [2.75, 3.05) is 91.2 Å². The van der Waals surface area contributed by atoms with Crippen LogP contribution in [-0.4, -0.2) is 114 Å². The molecule has 0 spiro atoms. The van der Waals surface area contributed by atoms with Crippen LogP contribution in [0, 0.1) is 0 Å². The van der Waals surface area contributed by atoms with Crippen LogP contribution in [0.15, 0.2) is 0 Å². The van der Waals surface area contributed by atoms with Crippen molar-refractivity contribution in [1.82, 2.24) is 0 Å². The van der Waals surface area contributed by atoms with E-state index >= 15 is 0 Å². The average molecular weight is 386 g/mol. The maximum absolute atomic E-state index is 9.87. The second kappa shape index (κ2) is 15.0. The second-order valence-corrected chi connectivity index (χ2v) is 11.4.